The average molecular weight is 294 g/mol. The summed E-state index contributed by atoms with van der Waals surface area (Å²) in [5.41, 5.74) is 2.93. The van der Waals surface area contributed by atoms with Crippen molar-refractivity contribution in [3.63, 3.8) is 0 Å². The van der Waals surface area contributed by atoms with Crippen molar-refractivity contribution in [3.05, 3.63) is 72.3 Å². The summed E-state index contributed by atoms with van der Waals surface area (Å²) in [4.78, 5) is 11.2. The summed E-state index contributed by atoms with van der Waals surface area (Å²) < 4.78 is 0. The van der Waals surface area contributed by atoms with E-state index in [1.807, 2.05) is 0 Å². The van der Waals surface area contributed by atoms with Crippen LogP contribution in [-0.2, 0) is 12.8 Å². The number of carbonyl (C=O) groups is 1. The highest BCUT2D eigenvalue weighted by atomic mass is 16.3. The molecule has 0 aliphatic rings. The molecule has 0 saturated carbocycles. The van der Waals surface area contributed by atoms with Crippen molar-refractivity contribution in [2.75, 3.05) is 0 Å². The standard InChI is InChI=1S/C19H18O3/c1-3-5-13-7-8-18(21)16(10-13)17-11-14(6-4-2)9-15(12-20)19(17)22/h3-4,7-12,21-22H,1-2,5-6H2. The summed E-state index contributed by atoms with van der Waals surface area (Å²) in [6.07, 6.45) is 5.32. The molecule has 0 aliphatic heterocycles. The molecule has 112 valence electrons. The van der Waals surface area contributed by atoms with Crippen LogP contribution in [0.25, 0.3) is 11.1 Å². The van der Waals surface area contributed by atoms with Gasteiger partial charge in [0.2, 0.25) is 0 Å². The molecular formula is C19H18O3. The van der Waals surface area contributed by atoms with Crippen LogP contribution in [-0.4, -0.2) is 16.5 Å². The zero-order chi connectivity index (χ0) is 16.1. The Kier molecular flexibility index (Phi) is 4.79. The molecular weight excluding hydrogens is 276 g/mol. The van der Waals surface area contributed by atoms with Crippen molar-refractivity contribution in [1.82, 2.24) is 0 Å². The Bertz CT molecular complexity index is 730. The van der Waals surface area contributed by atoms with Gasteiger partial charge in [-0.1, -0.05) is 18.2 Å². The smallest absolute Gasteiger partial charge is 0.153 e. The Hall–Kier alpha value is -2.81. The van der Waals surface area contributed by atoms with Gasteiger partial charge in [0.15, 0.2) is 6.29 Å². The van der Waals surface area contributed by atoms with Crippen LogP contribution in [0.4, 0.5) is 0 Å². The van der Waals surface area contributed by atoms with E-state index in [9.17, 15) is 15.0 Å². The van der Waals surface area contributed by atoms with E-state index in [1.54, 1.807) is 42.5 Å². The Balaban J connectivity index is 2.67. The Morgan fingerprint density at radius 2 is 1.55 bits per heavy atom. The summed E-state index contributed by atoms with van der Waals surface area (Å²) in [6.45, 7) is 7.38. The molecule has 0 unspecified atom stereocenters. The van der Waals surface area contributed by atoms with Crippen LogP contribution in [0.1, 0.15) is 21.5 Å². The molecule has 2 aromatic carbocycles. The van der Waals surface area contributed by atoms with Crippen LogP contribution < -0.4 is 0 Å². The molecule has 2 aromatic rings. The van der Waals surface area contributed by atoms with Crippen molar-refractivity contribution >= 4 is 6.29 Å². The number of aldehydes is 1. The third kappa shape index (κ3) is 3.09. The lowest BCUT2D eigenvalue weighted by Crippen LogP contribution is -1.92. The third-order valence-corrected chi connectivity index (χ3v) is 3.44. The fourth-order valence-electron chi connectivity index (χ4n) is 2.39. The lowest BCUT2D eigenvalue weighted by Gasteiger charge is -2.12. The maximum atomic E-state index is 11.2. The van der Waals surface area contributed by atoms with E-state index in [1.165, 1.54) is 0 Å². The molecule has 0 amide bonds. The van der Waals surface area contributed by atoms with E-state index >= 15 is 0 Å². The van der Waals surface area contributed by atoms with Crippen molar-refractivity contribution in [1.29, 1.82) is 0 Å². The normalized spacial score (nSPS) is 10.2. The predicted octanol–water partition coefficient (Wildman–Crippen LogP) is 4.03. The van der Waals surface area contributed by atoms with E-state index < -0.39 is 0 Å². The van der Waals surface area contributed by atoms with Gasteiger partial charge in [0, 0.05) is 11.1 Å². The summed E-state index contributed by atoms with van der Waals surface area (Å²) in [7, 11) is 0. The van der Waals surface area contributed by atoms with E-state index in [4.69, 9.17) is 0 Å². The molecule has 0 spiro atoms. The van der Waals surface area contributed by atoms with Gasteiger partial charge in [-0.3, -0.25) is 4.79 Å². The molecule has 2 N–H and O–H groups in total. The maximum absolute atomic E-state index is 11.2. The van der Waals surface area contributed by atoms with Gasteiger partial charge in [-0.05, 0) is 48.2 Å². The van der Waals surface area contributed by atoms with E-state index in [0.29, 0.717) is 30.3 Å². The molecule has 0 atom stereocenters. The number of hydrogen-bond acceptors (Lipinski definition) is 3. The van der Waals surface area contributed by atoms with Gasteiger partial charge in [-0.15, -0.1) is 13.2 Å². The van der Waals surface area contributed by atoms with E-state index in [0.717, 1.165) is 11.1 Å². The zero-order valence-corrected chi connectivity index (χ0v) is 12.2. The number of hydrogen-bond donors (Lipinski definition) is 2. The second kappa shape index (κ2) is 6.76. The summed E-state index contributed by atoms with van der Waals surface area (Å²) in [6, 6.07) is 8.55. The number of aromatic hydroxyl groups is 2. The van der Waals surface area contributed by atoms with Crippen molar-refractivity contribution < 1.29 is 15.0 Å². The van der Waals surface area contributed by atoms with Gasteiger partial charge in [0.05, 0.1) is 5.56 Å². The monoisotopic (exact) mass is 294 g/mol. The number of allylic oxidation sites excluding steroid dienone is 2. The minimum absolute atomic E-state index is 0.0516. The summed E-state index contributed by atoms with van der Waals surface area (Å²) in [5, 5.41) is 20.4. The lowest BCUT2D eigenvalue weighted by molar-refractivity contribution is 0.112. The minimum Gasteiger partial charge on any atom is -0.507 e. The Labute approximate surface area is 129 Å². The first kappa shape index (κ1) is 15.6. The highest BCUT2D eigenvalue weighted by molar-refractivity contribution is 5.88. The number of phenols is 2. The molecule has 0 bridgehead atoms. The van der Waals surface area contributed by atoms with Crippen molar-refractivity contribution in [2.24, 2.45) is 0 Å². The molecule has 0 aromatic heterocycles. The number of phenolic OH excluding ortho intramolecular Hbond substituents is 2. The van der Waals surface area contributed by atoms with Crippen molar-refractivity contribution in [3.8, 4) is 22.6 Å². The fraction of sp³-hybridized carbons (Fsp3) is 0.105. The third-order valence-electron chi connectivity index (χ3n) is 3.44. The lowest BCUT2D eigenvalue weighted by atomic mass is 9.95. The minimum atomic E-state index is -0.131. The first-order valence-electron chi connectivity index (χ1n) is 6.95. The van der Waals surface area contributed by atoms with Crippen LogP contribution in [0.3, 0.4) is 0 Å². The van der Waals surface area contributed by atoms with Crippen LogP contribution in [0.15, 0.2) is 55.6 Å². The second-order valence-electron chi connectivity index (χ2n) is 5.04. The fourth-order valence-corrected chi connectivity index (χ4v) is 2.39. The molecule has 22 heavy (non-hydrogen) atoms. The largest absolute Gasteiger partial charge is 0.507 e. The van der Waals surface area contributed by atoms with Gasteiger partial charge in [0.1, 0.15) is 11.5 Å². The van der Waals surface area contributed by atoms with E-state index in [2.05, 4.69) is 13.2 Å². The first-order valence-corrected chi connectivity index (χ1v) is 6.95. The van der Waals surface area contributed by atoms with Crippen LogP contribution in [0, 0.1) is 0 Å². The van der Waals surface area contributed by atoms with Gasteiger partial charge in [-0.25, -0.2) is 0 Å². The van der Waals surface area contributed by atoms with Gasteiger partial charge in [0.25, 0.3) is 0 Å². The molecule has 0 aliphatic carbocycles. The Morgan fingerprint density at radius 1 is 0.909 bits per heavy atom. The number of carbonyl (C=O) groups excluding carboxylic acids is 1. The van der Waals surface area contributed by atoms with Gasteiger partial charge >= 0.3 is 0 Å². The molecule has 3 heteroatoms. The SMILES string of the molecule is C=CCc1ccc(O)c(-c2cc(CC=C)cc(C=O)c2O)c1. The second-order valence-corrected chi connectivity index (χ2v) is 5.04. The summed E-state index contributed by atoms with van der Waals surface area (Å²) in [5.74, 6) is -0.0791. The quantitative estimate of drug-likeness (QED) is 0.624. The predicted molar refractivity (Wildman–Crippen MR) is 88.4 cm³/mol. The highest BCUT2D eigenvalue weighted by Gasteiger charge is 2.14. The first-order chi connectivity index (χ1) is 10.6. The topological polar surface area (TPSA) is 57.5 Å². The molecule has 3 nitrogen and oxygen atoms in total. The Morgan fingerprint density at radius 3 is 2.18 bits per heavy atom. The molecule has 0 heterocycles. The maximum Gasteiger partial charge on any atom is 0.153 e. The van der Waals surface area contributed by atoms with Gasteiger partial charge < -0.3 is 10.2 Å². The number of benzene rings is 2. The molecule has 0 radical (unpaired) electrons. The van der Waals surface area contributed by atoms with E-state index in [-0.39, 0.29) is 17.1 Å². The average Bonchev–Trinajstić information content (AvgIpc) is 2.51. The molecule has 0 saturated heterocycles. The summed E-state index contributed by atoms with van der Waals surface area (Å²) >= 11 is 0. The van der Waals surface area contributed by atoms with Crippen LogP contribution in [0.2, 0.25) is 0 Å². The van der Waals surface area contributed by atoms with Crippen molar-refractivity contribution in [2.45, 2.75) is 12.8 Å². The molecule has 0 fully saturated rings. The highest BCUT2D eigenvalue weighted by Crippen LogP contribution is 2.38. The van der Waals surface area contributed by atoms with Crippen LogP contribution in [0.5, 0.6) is 11.5 Å². The molecule has 2 rings (SSSR count). The zero-order valence-electron chi connectivity index (χ0n) is 12.2. The number of rotatable bonds is 6. The van der Waals surface area contributed by atoms with Crippen LogP contribution >= 0.6 is 0 Å². The van der Waals surface area contributed by atoms with Gasteiger partial charge in [-0.2, -0.15) is 0 Å².